The van der Waals surface area contributed by atoms with Gasteiger partial charge in [-0.05, 0) is 104 Å². The van der Waals surface area contributed by atoms with Crippen molar-refractivity contribution in [2.24, 2.45) is 0 Å². The minimum atomic E-state index is 1.11. The molecule has 8 aromatic carbocycles. The number of benzene rings is 8. The van der Waals surface area contributed by atoms with Gasteiger partial charge in [0.1, 0.15) is 0 Å². The molecule has 0 spiro atoms. The van der Waals surface area contributed by atoms with Crippen LogP contribution in [0.25, 0.3) is 78.1 Å². The summed E-state index contributed by atoms with van der Waals surface area (Å²) in [6.45, 7) is 0. The maximum Gasteiger partial charge on any atom is 0.0469 e. The summed E-state index contributed by atoms with van der Waals surface area (Å²) in [4.78, 5) is 5.96. The number of para-hydroxylation sites is 1. The van der Waals surface area contributed by atoms with Crippen LogP contribution in [0, 0.1) is 0 Å². The molecule has 0 aliphatic heterocycles. The molecule has 1 N–H and O–H groups in total. The van der Waals surface area contributed by atoms with Gasteiger partial charge in [0.05, 0.1) is 0 Å². The number of nitrogens with zero attached hydrogens (tertiary/aromatic N) is 1. The van der Waals surface area contributed by atoms with Gasteiger partial charge in [0, 0.05) is 38.9 Å². The second kappa shape index (κ2) is 11.5. The van der Waals surface area contributed by atoms with Crippen LogP contribution >= 0.6 is 0 Å². The smallest absolute Gasteiger partial charge is 0.0469 e. The van der Waals surface area contributed by atoms with Crippen molar-refractivity contribution in [1.29, 1.82) is 0 Å². The lowest BCUT2D eigenvalue weighted by atomic mass is 9.89. The predicted octanol–water partition coefficient (Wildman–Crippen LogP) is 13.4. The monoisotopic (exact) mass is 636 g/mol. The summed E-state index contributed by atoms with van der Waals surface area (Å²) < 4.78 is 0. The number of aromatic nitrogens is 1. The van der Waals surface area contributed by atoms with Crippen LogP contribution in [0.1, 0.15) is 11.1 Å². The summed E-state index contributed by atoms with van der Waals surface area (Å²) in [5.41, 5.74) is 15.6. The average Bonchev–Trinajstić information content (AvgIpc) is 3.78. The summed E-state index contributed by atoms with van der Waals surface area (Å²) in [6.07, 6.45) is 4.48. The van der Waals surface area contributed by atoms with Gasteiger partial charge in [-0.25, -0.2) is 0 Å². The van der Waals surface area contributed by atoms with E-state index in [1.807, 2.05) is 0 Å². The lowest BCUT2D eigenvalue weighted by Crippen LogP contribution is -2.09. The fourth-order valence-corrected chi connectivity index (χ4v) is 7.75. The highest BCUT2D eigenvalue weighted by molar-refractivity contribution is 6.16. The van der Waals surface area contributed by atoms with E-state index in [9.17, 15) is 0 Å². The van der Waals surface area contributed by atoms with E-state index in [1.54, 1.807) is 0 Å². The average molecular weight is 637 g/mol. The van der Waals surface area contributed by atoms with Crippen LogP contribution in [-0.4, -0.2) is 4.98 Å². The van der Waals surface area contributed by atoms with Crippen molar-refractivity contribution in [2.75, 3.05) is 4.90 Å². The van der Waals surface area contributed by atoms with E-state index in [2.05, 4.69) is 198 Å². The normalized spacial score (nSPS) is 11.9. The number of fused-ring (bicyclic) bond motifs is 3. The standard InChI is InChI=1S/C48H32N2/c1-3-9-32(10-4-1)33-17-23-38(24-18-33)50(40-27-30-46-44(31-40)43-13-7-8-14-45(43)49-46)39-25-19-35(20-26-39)42-29-22-37-16-15-36-21-28-41(48(42)47(36)37)34-11-5-2-6-12-34/h1-31,49H. The second-order valence-electron chi connectivity index (χ2n) is 13.0. The Labute approximate surface area is 291 Å². The van der Waals surface area contributed by atoms with Gasteiger partial charge < -0.3 is 9.88 Å². The van der Waals surface area contributed by atoms with Crippen molar-refractivity contribution in [3.05, 3.63) is 187 Å². The van der Waals surface area contributed by atoms with E-state index in [-0.39, 0.29) is 0 Å². The van der Waals surface area contributed by atoms with Gasteiger partial charge in [-0.1, -0.05) is 140 Å². The van der Waals surface area contributed by atoms with Crippen LogP contribution < -0.4 is 4.90 Å². The Morgan fingerprint density at radius 1 is 0.340 bits per heavy atom. The van der Waals surface area contributed by atoms with E-state index in [4.69, 9.17) is 0 Å². The number of aromatic amines is 1. The highest BCUT2D eigenvalue weighted by Crippen LogP contribution is 2.44. The van der Waals surface area contributed by atoms with Crippen LogP contribution in [-0.2, 0) is 0 Å². The lowest BCUT2D eigenvalue weighted by Gasteiger charge is -2.26. The van der Waals surface area contributed by atoms with Crippen molar-refractivity contribution in [3.8, 4) is 33.4 Å². The summed E-state index contributed by atoms with van der Waals surface area (Å²) in [5, 5.41) is 5.09. The quantitative estimate of drug-likeness (QED) is 0.192. The molecule has 50 heavy (non-hydrogen) atoms. The highest BCUT2D eigenvalue weighted by Gasteiger charge is 2.19. The Morgan fingerprint density at radius 2 is 0.840 bits per heavy atom. The molecule has 2 heteroatoms. The van der Waals surface area contributed by atoms with E-state index in [0.717, 1.165) is 28.1 Å². The van der Waals surface area contributed by atoms with Crippen molar-refractivity contribution in [1.82, 2.24) is 4.98 Å². The van der Waals surface area contributed by atoms with Crippen molar-refractivity contribution in [2.45, 2.75) is 0 Å². The maximum atomic E-state index is 3.60. The van der Waals surface area contributed by atoms with Crippen molar-refractivity contribution >= 4 is 61.8 Å². The largest absolute Gasteiger partial charge is 0.355 e. The SMILES string of the molecule is C1=Cc2ccc(-c3ccc(N(c4ccc(-c5ccccc5)cc4)c4ccc5[nH]c6ccccc6c5c4)cc3)c3c(-c4ccccc4)ccc1c23. The molecule has 9 aromatic rings. The zero-order chi connectivity index (χ0) is 33.0. The highest BCUT2D eigenvalue weighted by atomic mass is 15.1. The van der Waals surface area contributed by atoms with Gasteiger partial charge in [0.25, 0.3) is 0 Å². The van der Waals surface area contributed by atoms with Crippen molar-refractivity contribution in [3.63, 3.8) is 0 Å². The van der Waals surface area contributed by atoms with Gasteiger partial charge in [0.2, 0.25) is 0 Å². The molecule has 0 bridgehead atoms. The van der Waals surface area contributed by atoms with Gasteiger partial charge in [-0.15, -0.1) is 0 Å². The molecule has 10 rings (SSSR count). The van der Waals surface area contributed by atoms with Crippen LogP contribution in [0.15, 0.2) is 176 Å². The molecule has 0 saturated carbocycles. The van der Waals surface area contributed by atoms with Crippen LogP contribution in [0.2, 0.25) is 0 Å². The van der Waals surface area contributed by atoms with E-state index >= 15 is 0 Å². The molecule has 1 heterocycles. The molecular weight excluding hydrogens is 605 g/mol. The Balaban J connectivity index is 1.12. The molecule has 2 nitrogen and oxygen atoms in total. The summed E-state index contributed by atoms with van der Waals surface area (Å²) >= 11 is 0. The molecule has 1 aliphatic carbocycles. The Hall–Kier alpha value is -6.64. The van der Waals surface area contributed by atoms with Gasteiger partial charge in [0.15, 0.2) is 0 Å². The third-order valence-electron chi connectivity index (χ3n) is 10.2. The second-order valence-corrected chi connectivity index (χ2v) is 13.0. The number of anilines is 3. The number of hydrogen-bond donors (Lipinski definition) is 1. The number of H-pyrrole nitrogens is 1. The van der Waals surface area contributed by atoms with Crippen LogP contribution in [0.3, 0.4) is 0 Å². The van der Waals surface area contributed by atoms with Gasteiger partial charge in [-0.2, -0.15) is 0 Å². The van der Waals surface area contributed by atoms with E-state index in [1.165, 1.54) is 66.1 Å². The molecule has 1 aliphatic rings. The summed E-state index contributed by atoms with van der Waals surface area (Å²) in [7, 11) is 0. The number of nitrogens with one attached hydrogen (secondary N) is 1. The first kappa shape index (κ1) is 28.4. The first-order chi connectivity index (χ1) is 24.8. The molecule has 0 unspecified atom stereocenters. The van der Waals surface area contributed by atoms with Crippen molar-refractivity contribution < 1.29 is 0 Å². The molecule has 234 valence electrons. The Morgan fingerprint density at radius 3 is 1.50 bits per heavy atom. The van der Waals surface area contributed by atoms with Gasteiger partial charge >= 0.3 is 0 Å². The Bertz CT molecular complexity index is 2710. The predicted molar refractivity (Wildman–Crippen MR) is 213 cm³/mol. The zero-order valence-electron chi connectivity index (χ0n) is 27.3. The molecule has 0 saturated heterocycles. The Kier molecular flexibility index (Phi) is 6.53. The third kappa shape index (κ3) is 4.65. The first-order valence-electron chi connectivity index (χ1n) is 17.2. The molecule has 0 atom stereocenters. The maximum absolute atomic E-state index is 3.60. The topological polar surface area (TPSA) is 19.0 Å². The minimum Gasteiger partial charge on any atom is -0.355 e. The van der Waals surface area contributed by atoms with Crippen LogP contribution in [0.5, 0.6) is 0 Å². The number of rotatable bonds is 6. The lowest BCUT2D eigenvalue weighted by molar-refractivity contribution is 1.29. The molecule has 1 aromatic heterocycles. The number of hydrogen-bond acceptors (Lipinski definition) is 1. The summed E-state index contributed by atoms with van der Waals surface area (Å²) in [5.74, 6) is 0. The fourth-order valence-electron chi connectivity index (χ4n) is 7.75. The molecule has 0 radical (unpaired) electrons. The fraction of sp³-hybridized carbons (Fsp3) is 0. The summed E-state index contributed by atoms with van der Waals surface area (Å²) in [6, 6.07) is 63.7. The molecule has 0 amide bonds. The molecule has 0 fully saturated rings. The third-order valence-corrected chi connectivity index (χ3v) is 10.2. The van der Waals surface area contributed by atoms with Gasteiger partial charge in [-0.3, -0.25) is 0 Å². The van der Waals surface area contributed by atoms with E-state index in [0.29, 0.717) is 0 Å². The first-order valence-corrected chi connectivity index (χ1v) is 17.2. The molecular formula is C48H32N2. The minimum absolute atomic E-state index is 1.11. The zero-order valence-corrected chi connectivity index (χ0v) is 27.3. The van der Waals surface area contributed by atoms with E-state index < -0.39 is 0 Å². The van der Waals surface area contributed by atoms with Crippen LogP contribution in [0.4, 0.5) is 17.1 Å².